The number of benzene rings is 2. The summed E-state index contributed by atoms with van der Waals surface area (Å²) < 4.78 is 10.3. The maximum atomic E-state index is 12.4. The average Bonchev–Trinajstić information content (AvgIpc) is 2.68. The Morgan fingerprint density at radius 2 is 1.82 bits per heavy atom. The lowest BCUT2D eigenvalue weighted by Crippen LogP contribution is -2.41. The number of carbonyl (C=O) groups excluding carboxylic acids is 2. The largest absolute Gasteiger partial charge is 0.495 e. The van der Waals surface area contributed by atoms with Crippen LogP contribution in [0.15, 0.2) is 36.4 Å². The van der Waals surface area contributed by atoms with Crippen LogP contribution in [0.5, 0.6) is 11.5 Å². The van der Waals surface area contributed by atoms with Gasteiger partial charge in [0.15, 0.2) is 0 Å². The zero-order valence-electron chi connectivity index (χ0n) is 15.3. The van der Waals surface area contributed by atoms with Crippen LogP contribution >= 0.6 is 11.6 Å². The van der Waals surface area contributed by atoms with Crippen LogP contribution in [0.2, 0.25) is 5.02 Å². The first kappa shape index (κ1) is 21.0. The summed E-state index contributed by atoms with van der Waals surface area (Å²) in [6, 6.07) is 7.26. The Balaban J connectivity index is 2.12. The minimum absolute atomic E-state index is 0.0691. The molecular formula is C18H18ClN3O6. The van der Waals surface area contributed by atoms with E-state index >= 15 is 0 Å². The van der Waals surface area contributed by atoms with Crippen LogP contribution < -0.4 is 20.1 Å². The molecule has 9 nitrogen and oxygen atoms in total. The minimum Gasteiger partial charge on any atom is -0.495 e. The number of ether oxygens (including phenoxy) is 2. The van der Waals surface area contributed by atoms with Crippen molar-refractivity contribution < 1.29 is 24.0 Å². The molecule has 0 heterocycles. The van der Waals surface area contributed by atoms with Crippen LogP contribution in [-0.4, -0.2) is 37.0 Å². The first-order valence-corrected chi connectivity index (χ1v) is 8.42. The van der Waals surface area contributed by atoms with Crippen LogP contribution in [0.1, 0.15) is 17.3 Å². The van der Waals surface area contributed by atoms with Crippen molar-refractivity contribution >= 4 is 34.8 Å². The summed E-state index contributed by atoms with van der Waals surface area (Å²) in [5.41, 5.74) is 0.160. The third kappa shape index (κ3) is 4.89. The van der Waals surface area contributed by atoms with Gasteiger partial charge in [-0.25, -0.2) is 0 Å². The highest BCUT2D eigenvalue weighted by Crippen LogP contribution is 2.35. The molecule has 0 spiro atoms. The highest BCUT2D eigenvalue weighted by molar-refractivity contribution is 6.32. The number of hydrogen-bond donors (Lipinski definition) is 2. The van der Waals surface area contributed by atoms with Gasteiger partial charge in [-0.2, -0.15) is 0 Å². The van der Waals surface area contributed by atoms with Gasteiger partial charge in [-0.05, 0) is 13.0 Å². The normalized spacial score (nSPS) is 11.3. The summed E-state index contributed by atoms with van der Waals surface area (Å²) in [5, 5.41) is 16.2. The molecule has 0 saturated heterocycles. The molecule has 0 aromatic heterocycles. The lowest BCUT2D eigenvalue weighted by atomic mass is 10.1. The standard InChI is InChI=1S/C18H18ClN3O6/c1-10(20-18(24)11-5-4-6-12(7-11)22(25)26)17(23)21-14-9-15(27-2)13(19)8-16(14)28-3/h4-10H,1-3H3,(H,20,24)(H,21,23). The Bertz CT molecular complexity index is 918. The van der Waals surface area contributed by atoms with Crippen LogP contribution in [0.3, 0.4) is 0 Å². The van der Waals surface area contributed by atoms with Crippen molar-refractivity contribution in [2.45, 2.75) is 13.0 Å². The minimum atomic E-state index is -0.932. The van der Waals surface area contributed by atoms with E-state index in [1.165, 1.54) is 51.5 Å². The molecule has 2 rings (SSSR count). The zero-order chi connectivity index (χ0) is 20.8. The number of hydrogen-bond acceptors (Lipinski definition) is 6. The molecule has 148 valence electrons. The molecule has 10 heteroatoms. The monoisotopic (exact) mass is 407 g/mol. The van der Waals surface area contributed by atoms with Crippen molar-refractivity contribution in [3.8, 4) is 11.5 Å². The van der Waals surface area contributed by atoms with Crippen molar-refractivity contribution in [3.05, 3.63) is 57.1 Å². The fourth-order valence-corrected chi connectivity index (χ4v) is 2.54. The Morgan fingerprint density at radius 3 is 2.43 bits per heavy atom. The van der Waals surface area contributed by atoms with Crippen molar-refractivity contribution in [2.75, 3.05) is 19.5 Å². The van der Waals surface area contributed by atoms with E-state index in [2.05, 4.69) is 10.6 Å². The summed E-state index contributed by atoms with van der Waals surface area (Å²) in [4.78, 5) is 34.9. The van der Waals surface area contributed by atoms with Crippen LogP contribution in [0, 0.1) is 10.1 Å². The second-order valence-electron chi connectivity index (χ2n) is 5.68. The van der Waals surface area contributed by atoms with Crippen LogP contribution in [0.4, 0.5) is 11.4 Å². The van der Waals surface area contributed by atoms with E-state index in [1.807, 2.05) is 0 Å². The third-order valence-corrected chi connectivity index (χ3v) is 4.09. The quantitative estimate of drug-likeness (QED) is 0.537. The van der Waals surface area contributed by atoms with Crippen molar-refractivity contribution in [1.29, 1.82) is 0 Å². The molecule has 2 aromatic carbocycles. The first-order valence-electron chi connectivity index (χ1n) is 8.04. The van der Waals surface area contributed by atoms with E-state index < -0.39 is 22.8 Å². The lowest BCUT2D eigenvalue weighted by Gasteiger charge is -2.17. The van der Waals surface area contributed by atoms with E-state index in [-0.39, 0.29) is 11.3 Å². The Labute approximate surface area is 165 Å². The number of rotatable bonds is 7. The van der Waals surface area contributed by atoms with Gasteiger partial charge in [0.05, 0.1) is 29.9 Å². The van der Waals surface area contributed by atoms with Gasteiger partial charge in [0, 0.05) is 29.8 Å². The van der Waals surface area contributed by atoms with E-state index in [0.717, 1.165) is 6.07 Å². The number of halogens is 1. The predicted octanol–water partition coefficient (Wildman–Crippen LogP) is 3.02. The van der Waals surface area contributed by atoms with Crippen molar-refractivity contribution in [1.82, 2.24) is 5.32 Å². The topological polar surface area (TPSA) is 120 Å². The molecule has 0 aliphatic rings. The van der Waals surface area contributed by atoms with Gasteiger partial charge in [0.2, 0.25) is 5.91 Å². The molecular weight excluding hydrogens is 390 g/mol. The molecule has 2 N–H and O–H groups in total. The van der Waals surface area contributed by atoms with Gasteiger partial charge < -0.3 is 20.1 Å². The SMILES string of the molecule is COc1cc(NC(=O)C(C)NC(=O)c2cccc([N+](=O)[O-])c2)c(OC)cc1Cl. The smallest absolute Gasteiger partial charge is 0.270 e. The van der Waals surface area contributed by atoms with Crippen LogP contribution in [-0.2, 0) is 4.79 Å². The zero-order valence-corrected chi connectivity index (χ0v) is 16.1. The average molecular weight is 408 g/mol. The summed E-state index contributed by atoms with van der Waals surface area (Å²) in [5.74, 6) is -0.490. The Kier molecular flexibility index (Phi) is 6.78. The molecule has 0 fully saturated rings. The molecule has 0 aliphatic heterocycles. The van der Waals surface area contributed by atoms with Gasteiger partial charge in [-0.1, -0.05) is 17.7 Å². The first-order chi connectivity index (χ1) is 13.3. The number of anilines is 1. The van der Waals surface area contributed by atoms with Gasteiger partial charge in [0.1, 0.15) is 17.5 Å². The number of non-ortho nitro benzene ring substituents is 1. The Morgan fingerprint density at radius 1 is 1.14 bits per heavy atom. The molecule has 28 heavy (non-hydrogen) atoms. The number of nitro benzene ring substituents is 1. The summed E-state index contributed by atoms with van der Waals surface area (Å²) in [6.07, 6.45) is 0. The van der Waals surface area contributed by atoms with Gasteiger partial charge in [-0.15, -0.1) is 0 Å². The lowest BCUT2D eigenvalue weighted by molar-refractivity contribution is -0.384. The summed E-state index contributed by atoms with van der Waals surface area (Å²) in [6.45, 7) is 1.48. The summed E-state index contributed by atoms with van der Waals surface area (Å²) in [7, 11) is 2.85. The van der Waals surface area contributed by atoms with Gasteiger partial charge in [0.25, 0.3) is 11.6 Å². The highest BCUT2D eigenvalue weighted by Gasteiger charge is 2.20. The molecule has 0 saturated carbocycles. The number of nitrogens with zero attached hydrogens (tertiary/aromatic N) is 1. The van der Waals surface area contributed by atoms with Crippen molar-refractivity contribution in [2.24, 2.45) is 0 Å². The van der Waals surface area contributed by atoms with E-state index in [9.17, 15) is 19.7 Å². The molecule has 1 atom stereocenters. The molecule has 1 unspecified atom stereocenters. The fraction of sp³-hybridized carbons (Fsp3) is 0.222. The third-order valence-electron chi connectivity index (χ3n) is 3.79. The Hall–Kier alpha value is -3.33. The van der Waals surface area contributed by atoms with E-state index in [0.29, 0.717) is 22.2 Å². The maximum absolute atomic E-state index is 12.4. The van der Waals surface area contributed by atoms with E-state index in [1.54, 1.807) is 0 Å². The maximum Gasteiger partial charge on any atom is 0.270 e. The number of carbonyl (C=O) groups is 2. The fourth-order valence-electron chi connectivity index (χ4n) is 2.31. The molecule has 0 radical (unpaired) electrons. The second kappa shape index (κ2) is 9.05. The predicted molar refractivity (Wildman–Crippen MR) is 103 cm³/mol. The van der Waals surface area contributed by atoms with Crippen molar-refractivity contribution in [3.63, 3.8) is 0 Å². The van der Waals surface area contributed by atoms with Crippen LogP contribution in [0.25, 0.3) is 0 Å². The molecule has 0 bridgehead atoms. The van der Waals surface area contributed by atoms with Gasteiger partial charge in [-0.3, -0.25) is 19.7 Å². The molecule has 2 amide bonds. The molecule has 0 aliphatic carbocycles. The number of nitrogens with one attached hydrogen (secondary N) is 2. The second-order valence-corrected chi connectivity index (χ2v) is 6.09. The molecule has 2 aromatic rings. The number of methoxy groups -OCH3 is 2. The number of amides is 2. The van der Waals surface area contributed by atoms with Gasteiger partial charge >= 0.3 is 0 Å². The summed E-state index contributed by atoms with van der Waals surface area (Å²) >= 11 is 6.03. The highest BCUT2D eigenvalue weighted by atomic mass is 35.5. The van der Waals surface area contributed by atoms with E-state index in [4.69, 9.17) is 21.1 Å². The number of nitro groups is 1.